The lowest BCUT2D eigenvalue weighted by molar-refractivity contribution is 0.388. The number of hydrogen-bond acceptors (Lipinski definition) is 4. The Kier molecular flexibility index (Phi) is 16.6. The monoisotopic (exact) mass is 678 g/mol. The molecular weight excluding hydrogens is 617 g/mol. The number of aromatic hydroxyl groups is 4. The Labute approximate surface area is 302 Å². The van der Waals surface area contributed by atoms with Crippen LogP contribution in [0.25, 0.3) is 0 Å². The van der Waals surface area contributed by atoms with Gasteiger partial charge in [-0.05, 0) is 90.0 Å². The molecule has 0 saturated carbocycles. The van der Waals surface area contributed by atoms with Crippen LogP contribution in [-0.2, 0) is 5.41 Å². The second kappa shape index (κ2) is 21.3. The van der Waals surface area contributed by atoms with Gasteiger partial charge in [0.15, 0.2) is 0 Å². The van der Waals surface area contributed by atoms with Gasteiger partial charge < -0.3 is 20.4 Å². The minimum Gasteiger partial charge on any atom is -0.508 e. The number of hydrogen-bond donors (Lipinski definition) is 4. The second-order valence-electron chi connectivity index (χ2n) is 14.5. The third kappa shape index (κ3) is 12.4. The van der Waals surface area contributed by atoms with Crippen molar-refractivity contribution in [1.29, 1.82) is 0 Å². The maximum atomic E-state index is 10.1. The molecule has 4 N–H and O–H groups in total. The van der Waals surface area contributed by atoms with Crippen molar-refractivity contribution in [3.8, 4) is 23.0 Å². The summed E-state index contributed by atoms with van der Waals surface area (Å²) in [5.74, 6) is 1.41. The van der Waals surface area contributed by atoms with Crippen LogP contribution in [-0.4, -0.2) is 20.4 Å². The van der Waals surface area contributed by atoms with Crippen LogP contribution in [0, 0.1) is 0 Å². The first-order chi connectivity index (χ1) is 24.4. The molecule has 0 fully saturated rings. The van der Waals surface area contributed by atoms with Crippen LogP contribution in [0.3, 0.4) is 0 Å². The number of rotatable bonds is 24. The van der Waals surface area contributed by atoms with Crippen LogP contribution in [0.4, 0.5) is 0 Å². The molecule has 4 aromatic rings. The Balaban J connectivity index is 1.29. The fraction of sp³-hybridized carbons (Fsp3) is 0.478. The topological polar surface area (TPSA) is 80.9 Å². The first-order valence-corrected chi connectivity index (χ1v) is 19.6. The summed E-state index contributed by atoms with van der Waals surface area (Å²) in [6.07, 6.45) is 23.2. The zero-order chi connectivity index (χ0) is 35.4. The number of benzene rings is 4. The lowest BCUT2D eigenvalue weighted by Crippen LogP contribution is -2.28. The highest BCUT2D eigenvalue weighted by Crippen LogP contribution is 2.43. The van der Waals surface area contributed by atoms with Gasteiger partial charge in [-0.2, -0.15) is 0 Å². The van der Waals surface area contributed by atoms with Gasteiger partial charge in [0.1, 0.15) is 23.0 Å². The Bertz CT molecular complexity index is 1370. The summed E-state index contributed by atoms with van der Waals surface area (Å²) in [6.45, 7) is 2.27. The molecule has 50 heavy (non-hydrogen) atoms. The van der Waals surface area contributed by atoms with Gasteiger partial charge in [0.05, 0.1) is 0 Å². The van der Waals surface area contributed by atoms with Gasteiger partial charge in [-0.15, -0.1) is 0 Å². The SMILES string of the molecule is CCCCCCCCCCCC(CCCCCCCCCC(c1ccc(O)cc1)c1ccc(O)cc1)(c1ccc(O)cc1)c1ccc(O)cc1. The van der Waals surface area contributed by atoms with Gasteiger partial charge in [-0.3, -0.25) is 0 Å². The molecule has 0 radical (unpaired) electrons. The van der Waals surface area contributed by atoms with Crippen molar-refractivity contribution in [2.75, 3.05) is 0 Å². The molecule has 0 atom stereocenters. The normalized spacial score (nSPS) is 11.7. The van der Waals surface area contributed by atoms with E-state index >= 15 is 0 Å². The minimum absolute atomic E-state index is 0.139. The van der Waals surface area contributed by atoms with Crippen molar-refractivity contribution in [3.63, 3.8) is 0 Å². The Morgan fingerprint density at radius 2 is 0.680 bits per heavy atom. The van der Waals surface area contributed by atoms with Crippen LogP contribution in [0.15, 0.2) is 97.1 Å². The van der Waals surface area contributed by atoms with Crippen molar-refractivity contribution >= 4 is 0 Å². The molecule has 0 bridgehead atoms. The van der Waals surface area contributed by atoms with E-state index in [1.165, 1.54) is 112 Å². The predicted octanol–water partition coefficient (Wildman–Crippen LogP) is 13.1. The van der Waals surface area contributed by atoms with E-state index in [2.05, 4.69) is 31.2 Å². The Morgan fingerprint density at radius 1 is 0.380 bits per heavy atom. The van der Waals surface area contributed by atoms with Gasteiger partial charge in [-0.25, -0.2) is 0 Å². The first-order valence-electron chi connectivity index (χ1n) is 19.6. The summed E-state index contributed by atoms with van der Waals surface area (Å²) in [7, 11) is 0. The summed E-state index contributed by atoms with van der Waals surface area (Å²) in [5.41, 5.74) is 4.78. The zero-order valence-electron chi connectivity index (χ0n) is 30.5. The summed E-state index contributed by atoms with van der Waals surface area (Å²) < 4.78 is 0. The fourth-order valence-electron chi connectivity index (χ4n) is 7.77. The van der Waals surface area contributed by atoms with E-state index in [-0.39, 0.29) is 22.8 Å². The van der Waals surface area contributed by atoms with Crippen molar-refractivity contribution in [1.82, 2.24) is 0 Å². The van der Waals surface area contributed by atoms with Crippen molar-refractivity contribution in [2.24, 2.45) is 0 Å². The summed E-state index contributed by atoms with van der Waals surface area (Å²) in [6, 6.07) is 30.9. The highest BCUT2D eigenvalue weighted by Gasteiger charge is 2.33. The van der Waals surface area contributed by atoms with E-state index in [9.17, 15) is 20.4 Å². The predicted molar refractivity (Wildman–Crippen MR) is 208 cm³/mol. The molecule has 0 aromatic heterocycles. The number of phenols is 4. The molecule has 0 aliphatic rings. The average molecular weight is 679 g/mol. The quantitative estimate of drug-likeness (QED) is 0.0556. The van der Waals surface area contributed by atoms with E-state index < -0.39 is 0 Å². The maximum Gasteiger partial charge on any atom is 0.115 e. The molecule has 0 saturated heterocycles. The van der Waals surface area contributed by atoms with Gasteiger partial charge >= 0.3 is 0 Å². The molecule has 4 heteroatoms. The highest BCUT2D eigenvalue weighted by molar-refractivity contribution is 5.43. The van der Waals surface area contributed by atoms with Gasteiger partial charge in [0.25, 0.3) is 0 Å². The second-order valence-corrected chi connectivity index (χ2v) is 14.5. The van der Waals surface area contributed by atoms with E-state index in [1.807, 2.05) is 48.5 Å². The Morgan fingerprint density at radius 3 is 1.04 bits per heavy atom. The van der Waals surface area contributed by atoms with Crippen LogP contribution in [0.5, 0.6) is 23.0 Å². The number of unbranched alkanes of at least 4 members (excludes halogenated alkanes) is 14. The molecule has 270 valence electrons. The molecule has 0 spiro atoms. The first kappa shape index (κ1) is 38.9. The molecule has 0 unspecified atom stereocenters. The van der Waals surface area contributed by atoms with Crippen molar-refractivity contribution < 1.29 is 20.4 Å². The molecule has 4 aromatic carbocycles. The van der Waals surface area contributed by atoms with Crippen molar-refractivity contribution in [3.05, 3.63) is 119 Å². The molecule has 0 amide bonds. The van der Waals surface area contributed by atoms with Gasteiger partial charge in [0.2, 0.25) is 0 Å². The standard InChI is InChI=1S/C46H62O4/c1-2-3-4-5-6-7-10-13-16-35-46(39-23-31-43(49)32-24-39,40-25-33-44(50)34-26-40)36-17-14-11-8-9-12-15-18-45(37-19-27-41(47)28-20-37)38-21-29-42(48)30-22-38/h19-34,45,47-50H,2-18,35-36H2,1H3. The van der Waals surface area contributed by atoms with Crippen LogP contribution in [0.2, 0.25) is 0 Å². The summed E-state index contributed by atoms with van der Waals surface area (Å²) >= 11 is 0. The third-order valence-corrected chi connectivity index (χ3v) is 10.7. The maximum absolute atomic E-state index is 10.1. The summed E-state index contributed by atoms with van der Waals surface area (Å²) in [5, 5.41) is 39.9. The van der Waals surface area contributed by atoms with Crippen LogP contribution >= 0.6 is 0 Å². The fourth-order valence-corrected chi connectivity index (χ4v) is 7.77. The molecule has 0 aliphatic heterocycles. The largest absolute Gasteiger partial charge is 0.508 e. The molecule has 4 nitrogen and oxygen atoms in total. The number of phenolic OH excluding ortho intramolecular Hbond substituents is 4. The lowest BCUT2D eigenvalue weighted by atomic mass is 9.68. The van der Waals surface area contributed by atoms with Gasteiger partial charge in [0, 0.05) is 11.3 Å². The summed E-state index contributed by atoms with van der Waals surface area (Å²) in [4.78, 5) is 0. The van der Waals surface area contributed by atoms with E-state index in [0.717, 1.165) is 32.1 Å². The van der Waals surface area contributed by atoms with Gasteiger partial charge in [-0.1, -0.05) is 158 Å². The van der Waals surface area contributed by atoms with E-state index in [0.29, 0.717) is 11.5 Å². The van der Waals surface area contributed by atoms with Crippen LogP contribution < -0.4 is 0 Å². The average Bonchev–Trinajstić information content (AvgIpc) is 3.13. The molecule has 4 rings (SSSR count). The molecular formula is C46H62O4. The van der Waals surface area contributed by atoms with E-state index in [4.69, 9.17) is 0 Å². The Hall–Kier alpha value is -3.92. The van der Waals surface area contributed by atoms with Crippen molar-refractivity contribution in [2.45, 2.75) is 140 Å². The third-order valence-electron chi connectivity index (χ3n) is 10.7. The zero-order valence-corrected chi connectivity index (χ0v) is 30.5. The van der Waals surface area contributed by atoms with E-state index in [1.54, 1.807) is 24.3 Å². The minimum atomic E-state index is -0.139. The smallest absolute Gasteiger partial charge is 0.115 e. The molecule has 0 heterocycles. The lowest BCUT2D eigenvalue weighted by Gasteiger charge is -2.36. The highest BCUT2D eigenvalue weighted by atomic mass is 16.3. The van der Waals surface area contributed by atoms with Crippen LogP contribution in [0.1, 0.15) is 157 Å². The molecule has 0 aliphatic carbocycles.